The Hall–Kier alpha value is -6.80. The molecule has 1 saturated carbocycles. The van der Waals surface area contributed by atoms with Crippen molar-refractivity contribution in [2.24, 2.45) is 10.8 Å². The summed E-state index contributed by atoms with van der Waals surface area (Å²) in [6.45, 7) is 16.5. The van der Waals surface area contributed by atoms with E-state index < -0.39 is 10.8 Å². The van der Waals surface area contributed by atoms with Gasteiger partial charge in [-0.15, -0.1) is 0 Å². The molecular formula is C53H74N14O6. The molecular weight excluding hydrogens is 929 g/mol. The highest BCUT2D eigenvalue weighted by Gasteiger charge is 2.43. The van der Waals surface area contributed by atoms with E-state index in [0.29, 0.717) is 76.5 Å². The van der Waals surface area contributed by atoms with E-state index in [4.69, 9.17) is 19.4 Å². The normalized spacial score (nSPS) is 19.3. The number of piperidine rings is 1. The monoisotopic (exact) mass is 1000 g/mol. The molecule has 20 nitrogen and oxygen atoms in total. The highest BCUT2D eigenvalue weighted by atomic mass is 16.5. The predicted octanol–water partition coefficient (Wildman–Crippen LogP) is 5.90. The molecule has 0 atom stereocenters. The van der Waals surface area contributed by atoms with E-state index in [2.05, 4.69) is 66.5 Å². The molecule has 2 aromatic heterocycles. The van der Waals surface area contributed by atoms with E-state index in [1.165, 1.54) is 6.42 Å². The van der Waals surface area contributed by atoms with Gasteiger partial charge in [-0.05, 0) is 131 Å². The van der Waals surface area contributed by atoms with Gasteiger partial charge in [0, 0.05) is 64.0 Å². The number of ether oxygens (including phenoxy) is 2. The van der Waals surface area contributed by atoms with Crippen molar-refractivity contribution in [2.45, 2.75) is 97.8 Å². The lowest BCUT2D eigenvalue weighted by Gasteiger charge is -2.43. The van der Waals surface area contributed by atoms with Gasteiger partial charge in [0.15, 0.2) is 11.6 Å². The quantitative estimate of drug-likeness (QED) is 0.142. The largest absolute Gasteiger partial charge is 0.497 e. The van der Waals surface area contributed by atoms with Gasteiger partial charge in [0.05, 0.1) is 54.7 Å². The maximum absolute atomic E-state index is 13.6. The molecule has 6 heterocycles. The number of para-hydroxylation sites is 1. The standard InChI is InChI=1S/C27H39N7O3.C26H35N7O3/c1-17(2)34-16-27(3,4)25(36)33(6)20-15-28-26(31-23(20)34)30-22-19(9-8-10-21(22)37-7)24(35)29-18-11-13-32(5)14-12-18;1-26(2)16-32(18-9-7-10-18)22-21(31(4)24(26)35)13-27-25(28-22)29-33(19-14-30(3)15-19)23(34)17-8-6-11-20(12-17)36-5/h8-10,15,17-18H,11-14,16H2,1-7H3,(H,29,35)(H,28,30,31);6,8,11-13,18-19H,7,9-10,14-16H2,1-5H3,(H,27,28,29). The Bertz CT molecular complexity index is 2680. The lowest BCUT2D eigenvalue weighted by molar-refractivity contribution is -0.126. The number of hydrazine groups is 1. The molecule has 9 rings (SSSR count). The van der Waals surface area contributed by atoms with Crippen LogP contribution in [0.4, 0.5) is 40.6 Å². The third-order valence-electron chi connectivity index (χ3n) is 14.8. The van der Waals surface area contributed by atoms with Crippen LogP contribution in [-0.4, -0.2) is 164 Å². The number of nitrogens with zero attached hydrogens (tertiary/aromatic N) is 11. The molecule has 20 heteroatoms. The van der Waals surface area contributed by atoms with Gasteiger partial charge in [0.25, 0.3) is 11.8 Å². The van der Waals surface area contributed by atoms with Gasteiger partial charge in [0.1, 0.15) is 22.9 Å². The van der Waals surface area contributed by atoms with Crippen LogP contribution in [0, 0.1) is 10.8 Å². The van der Waals surface area contributed by atoms with Gasteiger partial charge in [-0.25, -0.2) is 15.0 Å². The summed E-state index contributed by atoms with van der Waals surface area (Å²) in [5.74, 6) is 2.92. The van der Waals surface area contributed by atoms with Gasteiger partial charge in [-0.1, -0.05) is 12.1 Å². The molecule has 73 heavy (non-hydrogen) atoms. The third-order valence-corrected chi connectivity index (χ3v) is 14.8. The number of carbonyl (C=O) groups is 4. The molecule has 4 aromatic rings. The molecule has 4 aliphatic heterocycles. The topological polar surface area (TPSA) is 197 Å². The third kappa shape index (κ3) is 11.1. The second-order valence-corrected chi connectivity index (χ2v) is 21.7. The average molecular weight is 1000 g/mol. The van der Waals surface area contributed by atoms with Crippen molar-refractivity contribution >= 4 is 64.2 Å². The average Bonchev–Trinajstić information content (AvgIpc) is 3.46. The first kappa shape index (κ1) is 52.5. The number of nitrogens with one attached hydrogen (secondary N) is 3. The zero-order valence-electron chi connectivity index (χ0n) is 44.7. The van der Waals surface area contributed by atoms with Gasteiger partial charge in [-0.2, -0.15) is 9.97 Å². The first-order valence-corrected chi connectivity index (χ1v) is 25.4. The van der Waals surface area contributed by atoms with Crippen molar-refractivity contribution < 1.29 is 28.7 Å². The number of benzene rings is 2. The number of likely N-dealkylation sites (tertiary alicyclic amines) is 2. The lowest BCUT2D eigenvalue weighted by atomic mass is 9.87. The second kappa shape index (κ2) is 21.3. The van der Waals surface area contributed by atoms with E-state index in [-0.39, 0.29) is 41.8 Å². The maximum atomic E-state index is 13.6. The molecule has 4 amide bonds. The highest BCUT2D eigenvalue weighted by molar-refractivity contribution is 6.03. The number of likely N-dealkylation sites (N-methyl/N-ethyl adjacent to an activating group) is 1. The molecule has 3 N–H and O–H groups in total. The Kier molecular flexibility index (Phi) is 15.4. The smallest absolute Gasteiger partial charge is 0.272 e. The Morgan fingerprint density at radius 2 is 1.38 bits per heavy atom. The van der Waals surface area contributed by atoms with Crippen molar-refractivity contribution in [1.82, 2.24) is 40.1 Å². The van der Waals surface area contributed by atoms with Crippen LogP contribution in [0.2, 0.25) is 0 Å². The molecule has 2 aromatic carbocycles. The van der Waals surface area contributed by atoms with E-state index in [9.17, 15) is 19.2 Å². The highest BCUT2D eigenvalue weighted by Crippen LogP contribution is 2.42. The number of rotatable bonds is 12. The first-order chi connectivity index (χ1) is 34.7. The number of carbonyl (C=O) groups excluding carboxylic acids is 4. The number of fused-ring (bicyclic) bond motifs is 2. The number of methoxy groups -OCH3 is 2. The van der Waals surface area contributed by atoms with Crippen molar-refractivity contribution in [3.05, 3.63) is 66.0 Å². The summed E-state index contributed by atoms with van der Waals surface area (Å²) in [4.78, 5) is 84.1. The summed E-state index contributed by atoms with van der Waals surface area (Å²) in [6.07, 6.45) is 8.51. The number of aromatic nitrogens is 4. The van der Waals surface area contributed by atoms with Crippen LogP contribution in [0.5, 0.6) is 11.5 Å². The van der Waals surface area contributed by atoms with E-state index in [1.807, 2.05) is 40.8 Å². The van der Waals surface area contributed by atoms with Gasteiger partial charge in [0.2, 0.25) is 23.7 Å². The lowest BCUT2D eigenvalue weighted by Crippen LogP contribution is -2.61. The van der Waals surface area contributed by atoms with Crippen LogP contribution in [0.1, 0.15) is 94.4 Å². The molecule has 0 bridgehead atoms. The van der Waals surface area contributed by atoms with Gasteiger partial charge in [-0.3, -0.25) is 24.6 Å². The maximum Gasteiger partial charge on any atom is 0.272 e. The minimum atomic E-state index is -0.588. The number of hydrogen-bond acceptors (Lipinski definition) is 16. The Morgan fingerprint density at radius 3 is 1.99 bits per heavy atom. The van der Waals surface area contributed by atoms with Crippen LogP contribution in [0.25, 0.3) is 0 Å². The van der Waals surface area contributed by atoms with Gasteiger partial charge < -0.3 is 49.5 Å². The predicted molar refractivity (Wildman–Crippen MR) is 284 cm³/mol. The summed E-state index contributed by atoms with van der Waals surface area (Å²) in [5, 5.41) is 8.05. The number of hydrogen-bond donors (Lipinski definition) is 3. The van der Waals surface area contributed by atoms with Crippen LogP contribution < -0.4 is 45.1 Å². The SMILES string of the molecule is COc1cccc(C(=O)N(Nc2ncc3c(n2)N(C2CCC2)CC(C)(C)C(=O)N3C)C2CN(C)C2)c1.COc1cccc(C(=O)NC2CCN(C)CC2)c1Nc1ncc2c(n1)N(C(C)C)CC(C)(C)C(=O)N2C. The summed E-state index contributed by atoms with van der Waals surface area (Å²) < 4.78 is 10.9. The molecule has 3 fully saturated rings. The molecule has 5 aliphatic rings. The fourth-order valence-electron chi connectivity index (χ4n) is 10.1. The Morgan fingerprint density at radius 1 is 0.767 bits per heavy atom. The van der Waals surface area contributed by atoms with E-state index in [0.717, 1.165) is 57.7 Å². The summed E-state index contributed by atoms with van der Waals surface area (Å²) in [6, 6.07) is 13.1. The minimum Gasteiger partial charge on any atom is -0.497 e. The molecule has 0 unspecified atom stereocenters. The first-order valence-electron chi connectivity index (χ1n) is 25.4. The van der Waals surface area contributed by atoms with E-state index >= 15 is 0 Å². The Labute approximate surface area is 429 Å². The Balaban J connectivity index is 0.000000195. The van der Waals surface area contributed by atoms with Crippen molar-refractivity contribution in [2.75, 3.05) is 112 Å². The summed E-state index contributed by atoms with van der Waals surface area (Å²) in [7, 11) is 10.8. The van der Waals surface area contributed by atoms with Crippen LogP contribution in [0.3, 0.4) is 0 Å². The molecule has 0 spiro atoms. The fourth-order valence-corrected chi connectivity index (χ4v) is 10.1. The minimum absolute atomic E-state index is 0.0128. The molecule has 2 saturated heterocycles. The summed E-state index contributed by atoms with van der Waals surface area (Å²) in [5.41, 5.74) is 4.90. The summed E-state index contributed by atoms with van der Waals surface area (Å²) >= 11 is 0. The van der Waals surface area contributed by atoms with Crippen LogP contribution in [-0.2, 0) is 9.59 Å². The van der Waals surface area contributed by atoms with Gasteiger partial charge >= 0.3 is 0 Å². The van der Waals surface area contributed by atoms with E-state index in [1.54, 1.807) is 91.9 Å². The van der Waals surface area contributed by atoms with Crippen molar-refractivity contribution in [1.29, 1.82) is 0 Å². The van der Waals surface area contributed by atoms with Crippen molar-refractivity contribution in [3.63, 3.8) is 0 Å². The zero-order chi connectivity index (χ0) is 52.5. The van der Waals surface area contributed by atoms with Crippen molar-refractivity contribution in [3.8, 4) is 11.5 Å². The second-order valence-electron chi connectivity index (χ2n) is 21.7. The molecule has 1 aliphatic carbocycles. The zero-order valence-corrected chi connectivity index (χ0v) is 44.7. The van der Waals surface area contributed by atoms with Crippen LogP contribution in [0.15, 0.2) is 54.9 Å². The number of anilines is 7. The number of amides is 4. The van der Waals surface area contributed by atoms with Crippen LogP contribution >= 0.6 is 0 Å². The molecule has 392 valence electrons. The molecule has 0 radical (unpaired) electrons. The fraction of sp³-hybridized carbons (Fsp3) is 0.547.